The van der Waals surface area contributed by atoms with E-state index in [1.807, 2.05) is 0 Å². The molecule has 1 aliphatic rings. The fourth-order valence-corrected chi connectivity index (χ4v) is 5.68. The number of nitrogens with one attached hydrogen (secondary N) is 2. The quantitative estimate of drug-likeness (QED) is 0.332. The first-order valence-electron chi connectivity index (χ1n) is 10.6. The predicted octanol–water partition coefficient (Wildman–Crippen LogP) is 2.85. The third-order valence-electron chi connectivity index (χ3n) is 5.45. The van der Waals surface area contributed by atoms with Gasteiger partial charge in [-0.05, 0) is 43.5 Å². The van der Waals surface area contributed by atoms with Crippen molar-refractivity contribution >= 4 is 33.2 Å². The molecule has 198 valence electrons. The average Bonchev–Trinajstić information content (AvgIpc) is 3.20. The van der Waals surface area contributed by atoms with E-state index in [4.69, 9.17) is 27.9 Å². The van der Waals surface area contributed by atoms with Gasteiger partial charge in [0.2, 0.25) is 10.0 Å². The molecule has 1 aromatic heterocycles. The number of aliphatic hydroxyl groups excluding tert-OH is 1. The normalized spacial score (nSPS) is 17.9. The molecule has 37 heavy (non-hydrogen) atoms. The van der Waals surface area contributed by atoms with Crippen molar-refractivity contribution in [3.05, 3.63) is 66.9 Å². The number of aromatic nitrogens is 3. The lowest BCUT2D eigenvalue weighted by molar-refractivity contribution is 0.141. The lowest BCUT2D eigenvalue weighted by Crippen LogP contribution is -2.34. The molecule has 1 aliphatic carbocycles. The van der Waals surface area contributed by atoms with Crippen LogP contribution in [0.15, 0.2) is 44.8 Å². The molecule has 4 rings (SSSR count). The van der Waals surface area contributed by atoms with Crippen LogP contribution in [0.1, 0.15) is 31.4 Å². The van der Waals surface area contributed by atoms with Crippen molar-refractivity contribution in [2.45, 2.75) is 42.7 Å². The molecule has 16 heteroatoms. The Hall–Kier alpha value is -3.04. The van der Waals surface area contributed by atoms with Crippen LogP contribution in [-0.4, -0.2) is 45.5 Å². The van der Waals surface area contributed by atoms with E-state index in [-0.39, 0.29) is 33.7 Å². The first-order chi connectivity index (χ1) is 17.4. The molecule has 1 saturated carbocycles. The number of H-pyrrole nitrogens is 1. The number of aliphatic hydroxyl groups is 1. The second-order valence-electron chi connectivity index (χ2n) is 8.11. The SMILES string of the molecule is O=c1[nH]c(=O)n(-c2cc(Cl)c(Oc3ccc(O)c(S(=O)(=O)N[C@H]4CC[C@@H](O)C4)c3)c(Cl)c2)nc1C(F)F. The number of phenolic OH excluding ortho intramolecular Hbond substituents is 1. The van der Waals surface area contributed by atoms with E-state index in [0.717, 1.165) is 24.3 Å². The van der Waals surface area contributed by atoms with E-state index in [9.17, 15) is 37.0 Å². The molecule has 2 aromatic carbocycles. The molecule has 0 bridgehead atoms. The minimum Gasteiger partial charge on any atom is -0.507 e. The van der Waals surface area contributed by atoms with Gasteiger partial charge in [-0.25, -0.2) is 26.7 Å². The summed E-state index contributed by atoms with van der Waals surface area (Å²) in [4.78, 5) is 24.9. The van der Waals surface area contributed by atoms with Crippen LogP contribution in [0, 0.1) is 0 Å². The first-order valence-corrected chi connectivity index (χ1v) is 12.8. The number of hydrogen-bond acceptors (Lipinski definition) is 8. The topological polar surface area (TPSA) is 164 Å². The number of phenols is 1. The highest BCUT2D eigenvalue weighted by Gasteiger charge is 2.29. The van der Waals surface area contributed by atoms with E-state index in [0.29, 0.717) is 17.5 Å². The van der Waals surface area contributed by atoms with Crippen molar-refractivity contribution in [3.8, 4) is 22.9 Å². The molecule has 3 aromatic rings. The Kier molecular flexibility index (Phi) is 7.57. The molecular formula is C21H18Cl2F2N4O7S. The molecule has 1 fully saturated rings. The maximum atomic E-state index is 13.0. The molecule has 0 spiro atoms. The van der Waals surface area contributed by atoms with Crippen molar-refractivity contribution < 1.29 is 32.1 Å². The summed E-state index contributed by atoms with van der Waals surface area (Å²) in [5.74, 6) is -0.815. The molecule has 1 heterocycles. The summed E-state index contributed by atoms with van der Waals surface area (Å²) in [5, 5.41) is 22.7. The van der Waals surface area contributed by atoms with Gasteiger partial charge in [0, 0.05) is 12.1 Å². The third-order valence-corrected chi connectivity index (χ3v) is 7.57. The maximum Gasteiger partial charge on any atom is 0.349 e. The molecule has 0 aliphatic heterocycles. The number of hydrogen-bond donors (Lipinski definition) is 4. The Balaban J connectivity index is 1.65. The van der Waals surface area contributed by atoms with E-state index in [2.05, 4.69) is 9.82 Å². The largest absolute Gasteiger partial charge is 0.507 e. The van der Waals surface area contributed by atoms with E-state index < -0.39 is 56.2 Å². The van der Waals surface area contributed by atoms with Crippen LogP contribution in [0.4, 0.5) is 8.78 Å². The van der Waals surface area contributed by atoms with Crippen LogP contribution >= 0.6 is 23.2 Å². The Morgan fingerprint density at radius 2 is 1.84 bits per heavy atom. The standard InChI is InChI=1S/C21H18Cl2F2N4O7S/c22-13-6-10(29-21(33)26-20(32)17(27-29)19(24)25)7-14(23)18(13)36-12-3-4-15(31)16(8-12)37(34,35)28-9-1-2-11(30)5-9/h3-4,6-9,11,19,28,30-31H,1-2,5H2,(H,26,32,33)/t9-,11+/m0/s1. The van der Waals surface area contributed by atoms with Gasteiger partial charge in [-0.3, -0.25) is 9.78 Å². The molecule has 4 N–H and O–H groups in total. The zero-order valence-corrected chi connectivity index (χ0v) is 20.8. The van der Waals surface area contributed by atoms with Gasteiger partial charge in [0.15, 0.2) is 11.4 Å². The number of rotatable bonds is 7. The third kappa shape index (κ3) is 5.78. The number of benzene rings is 2. The van der Waals surface area contributed by atoms with Gasteiger partial charge < -0.3 is 14.9 Å². The van der Waals surface area contributed by atoms with Crippen LogP contribution < -0.4 is 20.7 Å². The van der Waals surface area contributed by atoms with Gasteiger partial charge in [-0.2, -0.15) is 9.78 Å². The number of halogens is 4. The summed E-state index contributed by atoms with van der Waals surface area (Å²) in [6.07, 6.45) is -2.76. The van der Waals surface area contributed by atoms with Gasteiger partial charge in [0.05, 0.1) is 21.8 Å². The fourth-order valence-electron chi connectivity index (χ4n) is 3.74. The molecule has 0 saturated heterocycles. The smallest absolute Gasteiger partial charge is 0.349 e. The van der Waals surface area contributed by atoms with Gasteiger partial charge in [0.25, 0.3) is 12.0 Å². The maximum absolute atomic E-state index is 13.0. The highest BCUT2D eigenvalue weighted by Crippen LogP contribution is 2.39. The summed E-state index contributed by atoms with van der Waals surface area (Å²) in [7, 11) is -4.19. The summed E-state index contributed by atoms with van der Waals surface area (Å²) in [6, 6.07) is 5.07. The van der Waals surface area contributed by atoms with E-state index in [1.54, 1.807) is 4.98 Å². The zero-order chi connectivity index (χ0) is 27.1. The highest BCUT2D eigenvalue weighted by atomic mass is 35.5. The fraction of sp³-hybridized carbons (Fsp3) is 0.286. The van der Waals surface area contributed by atoms with Crippen LogP contribution in [0.3, 0.4) is 0 Å². The number of ether oxygens (including phenoxy) is 1. The molecule has 0 unspecified atom stereocenters. The predicted molar refractivity (Wildman–Crippen MR) is 128 cm³/mol. The molecule has 2 atom stereocenters. The summed E-state index contributed by atoms with van der Waals surface area (Å²) >= 11 is 12.5. The Morgan fingerprint density at radius 3 is 2.43 bits per heavy atom. The molecular weight excluding hydrogens is 561 g/mol. The number of alkyl halides is 2. The van der Waals surface area contributed by atoms with Gasteiger partial charge in [0.1, 0.15) is 16.4 Å². The van der Waals surface area contributed by atoms with Crippen molar-refractivity contribution in [1.29, 1.82) is 0 Å². The lowest BCUT2D eigenvalue weighted by atomic mass is 10.3. The highest BCUT2D eigenvalue weighted by molar-refractivity contribution is 7.89. The van der Waals surface area contributed by atoms with Crippen molar-refractivity contribution in [2.75, 3.05) is 0 Å². The van der Waals surface area contributed by atoms with Crippen LogP contribution in [0.5, 0.6) is 17.2 Å². The number of nitrogens with zero attached hydrogens (tertiary/aromatic N) is 2. The monoisotopic (exact) mass is 578 g/mol. The van der Waals surface area contributed by atoms with E-state index >= 15 is 0 Å². The summed E-state index contributed by atoms with van der Waals surface area (Å²) in [6.45, 7) is 0. The minimum absolute atomic E-state index is 0.0829. The Bertz CT molecular complexity index is 1560. The summed E-state index contributed by atoms with van der Waals surface area (Å²) < 4.78 is 60.2. The van der Waals surface area contributed by atoms with Crippen molar-refractivity contribution in [3.63, 3.8) is 0 Å². The lowest BCUT2D eigenvalue weighted by Gasteiger charge is -2.16. The van der Waals surface area contributed by atoms with Crippen LogP contribution in [0.2, 0.25) is 10.0 Å². The van der Waals surface area contributed by atoms with Crippen molar-refractivity contribution in [1.82, 2.24) is 19.5 Å². The summed E-state index contributed by atoms with van der Waals surface area (Å²) in [5.41, 5.74) is -3.82. The second kappa shape index (κ2) is 10.4. The number of sulfonamides is 1. The first kappa shape index (κ1) is 27.0. The number of aromatic hydroxyl groups is 1. The van der Waals surface area contributed by atoms with Crippen molar-refractivity contribution in [2.24, 2.45) is 0 Å². The zero-order valence-electron chi connectivity index (χ0n) is 18.5. The Labute approximate surface area is 217 Å². The second-order valence-corrected chi connectivity index (χ2v) is 10.6. The van der Waals surface area contributed by atoms with Gasteiger partial charge in [-0.1, -0.05) is 23.2 Å². The average molecular weight is 579 g/mol. The number of aromatic amines is 1. The molecule has 0 radical (unpaired) electrons. The van der Waals surface area contributed by atoms with Crippen LogP contribution in [0.25, 0.3) is 5.69 Å². The Morgan fingerprint density at radius 1 is 1.16 bits per heavy atom. The van der Waals surface area contributed by atoms with E-state index in [1.165, 1.54) is 6.07 Å². The molecule has 11 nitrogen and oxygen atoms in total. The molecule has 0 amide bonds. The minimum atomic E-state index is -4.19. The van der Waals surface area contributed by atoms with Crippen LogP contribution in [-0.2, 0) is 10.0 Å². The van der Waals surface area contributed by atoms with Gasteiger partial charge >= 0.3 is 5.69 Å². The van der Waals surface area contributed by atoms with Gasteiger partial charge in [-0.15, -0.1) is 0 Å².